The van der Waals surface area contributed by atoms with Crippen LogP contribution in [0.25, 0.3) is 11.4 Å². The van der Waals surface area contributed by atoms with Crippen molar-refractivity contribution in [2.24, 2.45) is 0 Å². The first-order chi connectivity index (χ1) is 15.0. The van der Waals surface area contributed by atoms with Crippen LogP contribution in [0.5, 0.6) is 0 Å². The fourth-order valence-corrected chi connectivity index (χ4v) is 3.26. The number of carbonyl (C=O) groups is 1. The number of aliphatic hydroxyl groups is 1. The largest absolute Gasteiger partial charge is 0.468 e. The Morgan fingerprint density at radius 2 is 2.10 bits per heavy atom. The standard InChI is InChI=1S/C22H26BrN3O5/c1-2-4-21(28)30-15-18(27)13-26(14-19-5-3-12-29-19)11-10-20-24-22(25-31-20)16-6-8-17(23)9-7-16/h3,5-9,12,18,27H,2,4,10-11,13-15H2,1H3. The number of hydrogen-bond donors (Lipinski definition) is 1. The van der Waals surface area contributed by atoms with Crippen LogP contribution in [0.3, 0.4) is 0 Å². The lowest BCUT2D eigenvalue weighted by Crippen LogP contribution is -2.36. The van der Waals surface area contributed by atoms with Crippen molar-refractivity contribution in [3.8, 4) is 11.4 Å². The molecule has 2 aromatic heterocycles. The van der Waals surface area contributed by atoms with Gasteiger partial charge in [0.25, 0.3) is 0 Å². The van der Waals surface area contributed by atoms with Crippen molar-refractivity contribution in [1.82, 2.24) is 15.0 Å². The summed E-state index contributed by atoms with van der Waals surface area (Å²) in [5, 5.41) is 14.4. The summed E-state index contributed by atoms with van der Waals surface area (Å²) in [4.78, 5) is 18.0. The van der Waals surface area contributed by atoms with E-state index in [0.717, 1.165) is 15.8 Å². The van der Waals surface area contributed by atoms with Gasteiger partial charge in [0.1, 0.15) is 18.5 Å². The number of benzene rings is 1. The summed E-state index contributed by atoms with van der Waals surface area (Å²) in [5.74, 6) is 1.51. The van der Waals surface area contributed by atoms with E-state index < -0.39 is 6.10 Å². The van der Waals surface area contributed by atoms with Crippen molar-refractivity contribution < 1.29 is 23.6 Å². The van der Waals surface area contributed by atoms with Gasteiger partial charge >= 0.3 is 5.97 Å². The van der Waals surface area contributed by atoms with Gasteiger partial charge in [-0.15, -0.1) is 0 Å². The minimum atomic E-state index is -0.809. The van der Waals surface area contributed by atoms with Crippen molar-refractivity contribution in [1.29, 1.82) is 0 Å². The molecule has 1 aromatic carbocycles. The van der Waals surface area contributed by atoms with Crippen LogP contribution in [0, 0.1) is 0 Å². The molecule has 3 rings (SSSR count). The average molecular weight is 492 g/mol. The number of carbonyl (C=O) groups excluding carboxylic acids is 1. The molecule has 31 heavy (non-hydrogen) atoms. The molecule has 0 radical (unpaired) electrons. The van der Waals surface area contributed by atoms with Crippen LogP contribution in [-0.4, -0.2) is 51.9 Å². The SMILES string of the molecule is CCCC(=O)OCC(O)CN(CCc1nc(-c2ccc(Br)cc2)no1)Cc1ccco1. The van der Waals surface area contributed by atoms with E-state index in [4.69, 9.17) is 13.7 Å². The summed E-state index contributed by atoms with van der Waals surface area (Å²) in [6, 6.07) is 11.4. The van der Waals surface area contributed by atoms with Gasteiger partial charge in [0, 0.05) is 36.0 Å². The van der Waals surface area contributed by atoms with Crippen LogP contribution in [0.4, 0.5) is 0 Å². The molecule has 0 saturated heterocycles. The zero-order valence-corrected chi connectivity index (χ0v) is 19.0. The second kappa shape index (κ2) is 11.8. The lowest BCUT2D eigenvalue weighted by molar-refractivity contribution is -0.147. The molecular weight excluding hydrogens is 466 g/mol. The molecule has 9 heteroatoms. The number of furan rings is 1. The maximum Gasteiger partial charge on any atom is 0.305 e. The van der Waals surface area contributed by atoms with Gasteiger partial charge in [0.2, 0.25) is 11.7 Å². The highest BCUT2D eigenvalue weighted by Crippen LogP contribution is 2.19. The molecule has 8 nitrogen and oxygen atoms in total. The predicted molar refractivity (Wildman–Crippen MR) is 117 cm³/mol. The summed E-state index contributed by atoms with van der Waals surface area (Å²) < 4.78 is 16.9. The normalized spacial score (nSPS) is 12.3. The highest BCUT2D eigenvalue weighted by Gasteiger charge is 2.17. The molecule has 2 heterocycles. The maximum atomic E-state index is 11.5. The van der Waals surface area contributed by atoms with Crippen LogP contribution in [0.2, 0.25) is 0 Å². The third-order valence-corrected chi connectivity index (χ3v) is 5.06. The Balaban J connectivity index is 1.57. The number of halogens is 1. The van der Waals surface area contributed by atoms with E-state index in [1.54, 1.807) is 6.26 Å². The number of ether oxygens (including phenoxy) is 1. The van der Waals surface area contributed by atoms with Gasteiger partial charge in [0.05, 0.1) is 12.8 Å². The molecule has 166 valence electrons. The van der Waals surface area contributed by atoms with Crippen LogP contribution < -0.4 is 0 Å². The quantitative estimate of drug-likeness (QED) is 0.381. The van der Waals surface area contributed by atoms with Gasteiger partial charge in [-0.3, -0.25) is 9.69 Å². The fraction of sp³-hybridized carbons (Fsp3) is 0.409. The second-order valence-electron chi connectivity index (χ2n) is 7.17. The maximum absolute atomic E-state index is 11.5. The topological polar surface area (TPSA) is 102 Å². The van der Waals surface area contributed by atoms with Crippen molar-refractivity contribution in [3.63, 3.8) is 0 Å². The number of esters is 1. The Labute approximate surface area is 189 Å². The molecule has 0 aliphatic rings. The smallest absolute Gasteiger partial charge is 0.305 e. The molecule has 0 aliphatic carbocycles. The Bertz CT molecular complexity index is 927. The van der Waals surface area contributed by atoms with Gasteiger partial charge in [-0.2, -0.15) is 4.98 Å². The fourth-order valence-electron chi connectivity index (χ4n) is 3.00. The molecule has 1 N–H and O–H groups in total. The third-order valence-electron chi connectivity index (χ3n) is 4.53. The monoisotopic (exact) mass is 491 g/mol. The average Bonchev–Trinajstić information content (AvgIpc) is 3.43. The Morgan fingerprint density at radius 3 is 2.81 bits per heavy atom. The molecule has 0 spiro atoms. The molecule has 0 fully saturated rings. The van der Waals surface area contributed by atoms with Crippen LogP contribution in [-0.2, 0) is 22.5 Å². The van der Waals surface area contributed by atoms with Gasteiger partial charge < -0.3 is 18.8 Å². The van der Waals surface area contributed by atoms with E-state index in [2.05, 4.69) is 26.1 Å². The zero-order valence-electron chi connectivity index (χ0n) is 17.4. The molecule has 0 bridgehead atoms. The molecule has 3 aromatic rings. The van der Waals surface area contributed by atoms with Crippen molar-refractivity contribution in [3.05, 3.63) is 58.8 Å². The van der Waals surface area contributed by atoms with Gasteiger partial charge in [-0.25, -0.2) is 0 Å². The molecule has 0 aliphatic heterocycles. The number of aliphatic hydroxyl groups excluding tert-OH is 1. The molecule has 0 saturated carbocycles. The van der Waals surface area contributed by atoms with E-state index in [0.29, 0.717) is 50.6 Å². The summed E-state index contributed by atoms with van der Waals surface area (Å²) in [6.07, 6.45) is 2.37. The van der Waals surface area contributed by atoms with Gasteiger partial charge in [0.15, 0.2) is 0 Å². The zero-order chi connectivity index (χ0) is 22.1. The molecule has 1 unspecified atom stereocenters. The highest BCUT2D eigenvalue weighted by atomic mass is 79.9. The number of rotatable bonds is 12. The van der Waals surface area contributed by atoms with Crippen molar-refractivity contribution >= 4 is 21.9 Å². The van der Waals surface area contributed by atoms with Crippen LogP contribution >= 0.6 is 15.9 Å². The van der Waals surface area contributed by atoms with Crippen molar-refractivity contribution in [2.45, 2.75) is 38.8 Å². The predicted octanol–water partition coefficient (Wildman–Crippen LogP) is 3.84. The minimum Gasteiger partial charge on any atom is -0.468 e. The van der Waals surface area contributed by atoms with E-state index in [1.807, 2.05) is 48.2 Å². The van der Waals surface area contributed by atoms with Crippen LogP contribution in [0.1, 0.15) is 31.4 Å². The van der Waals surface area contributed by atoms with E-state index in [9.17, 15) is 9.90 Å². The highest BCUT2D eigenvalue weighted by molar-refractivity contribution is 9.10. The molecule has 0 amide bonds. The lowest BCUT2D eigenvalue weighted by Gasteiger charge is -2.23. The number of hydrogen-bond acceptors (Lipinski definition) is 8. The van der Waals surface area contributed by atoms with E-state index in [1.165, 1.54) is 0 Å². The first kappa shape index (κ1) is 23.2. The Morgan fingerprint density at radius 1 is 1.29 bits per heavy atom. The summed E-state index contributed by atoms with van der Waals surface area (Å²) >= 11 is 3.41. The Hall–Kier alpha value is -2.49. The molecular formula is C22H26BrN3O5. The van der Waals surface area contributed by atoms with Gasteiger partial charge in [-0.1, -0.05) is 28.0 Å². The Kier molecular flexibility index (Phi) is 8.81. The van der Waals surface area contributed by atoms with Crippen molar-refractivity contribution in [2.75, 3.05) is 19.7 Å². The van der Waals surface area contributed by atoms with Crippen LogP contribution in [0.15, 0.2) is 56.1 Å². The lowest BCUT2D eigenvalue weighted by atomic mass is 10.2. The van der Waals surface area contributed by atoms with Gasteiger partial charge in [-0.05, 0) is 42.8 Å². The minimum absolute atomic E-state index is 0.0399. The van der Waals surface area contributed by atoms with E-state index >= 15 is 0 Å². The number of aromatic nitrogens is 2. The molecule has 1 atom stereocenters. The first-order valence-electron chi connectivity index (χ1n) is 10.2. The first-order valence-corrected chi connectivity index (χ1v) is 11.0. The summed E-state index contributed by atoms with van der Waals surface area (Å²) in [5.41, 5.74) is 0.870. The second-order valence-corrected chi connectivity index (χ2v) is 8.09. The van der Waals surface area contributed by atoms with E-state index in [-0.39, 0.29) is 12.6 Å². The third kappa shape index (κ3) is 7.61. The number of nitrogens with zero attached hydrogens (tertiary/aromatic N) is 3. The summed E-state index contributed by atoms with van der Waals surface area (Å²) in [7, 11) is 0. The summed E-state index contributed by atoms with van der Waals surface area (Å²) in [6.45, 7) is 3.24.